The first kappa shape index (κ1) is 13.8. The number of hydrogen-bond acceptors (Lipinski definition) is 2. The van der Waals surface area contributed by atoms with Gasteiger partial charge < -0.3 is 10.5 Å². The minimum absolute atomic E-state index is 0.134. The molecule has 0 aromatic heterocycles. The van der Waals surface area contributed by atoms with E-state index >= 15 is 0 Å². The molecule has 104 valence electrons. The van der Waals surface area contributed by atoms with Gasteiger partial charge in [0, 0.05) is 0 Å². The van der Waals surface area contributed by atoms with Gasteiger partial charge in [-0.05, 0) is 49.3 Å². The minimum Gasteiger partial charge on any atom is -0.490 e. The van der Waals surface area contributed by atoms with Gasteiger partial charge in [-0.15, -0.1) is 0 Å². The minimum atomic E-state index is -0.400. The maximum absolute atomic E-state index is 13.2. The lowest BCUT2D eigenvalue weighted by molar-refractivity contribution is 0.100. The van der Waals surface area contributed by atoms with E-state index in [2.05, 4.69) is 13.8 Å². The maximum atomic E-state index is 13.2. The summed E-state index contributed by atoms with van der Waals surface area (Å²) in [6.45, 7) is 4.50. The maximum Gasteiger partial charge on any atom is 0.130 e. The molecule has 3 unspecified atom stereocenters. The Bertz CT molecular complexity index is 475. The fourth-order valence-electron chi connectivity index (χ4n) is 2.60. The number of nitrogens with two attached hydrogens (primary N) is 1. The van der Waals surface area contributed by atoms with Gasteiger partial charge in [-0.1, -0.05) is 13.8 Å². The molecule has 0 bridgehead atoms. The molecule has 0 heterocycles. The summed E-state index contributed by atoms with van der Waals surface area (Å²) in [5.74, 6) is 1.30. The fraction of sp³-hybridized carbons (Fsp3) is 0.533. The number of ether oxygens (including phenoxy) is 1. The van der Waals surface area contributed by atoms with Crippen LogP contribution >= 0.6 is 0 Å². The molecule has 1 aromatic carbocycles. The molecule has 1 fully saturated rings. The average molecular weight is 264 g/mol. The van der Waals surface area contributed by atoms with Crippen LogP contribution in [-0.4, -0.2) is 11.9 Å². The quantitative estimate of drug-likeness (QED) is 0.650. The zero-order chi connectivity index (χ0) is 14.0. The molecule has 1 aliphatic carbocycles. The predicted molar refractivity (Wildman–Crippen MR) is 74.0 cm³/mol. The molecule has 1 saturated carbocycles. The fourth-order valence-corrected chi connectivity index (χ4v) is 2.60. The smallest absolute Gasteiger partial charge is 0.130 e. The molecule has 0 aliphatic heterocycles. The van der Waals surface area contributed by atoms with Crippen molar-refractivity contribution < 1.29 is 9.13 Å². The Kier molecular flexibility index (Phi) is 4.08. The number of hydrogen-bond donors (Lipinski definition) is 2. The first-order valence-corrected chi connectivity index (χ1v) is 6.78. The summed E-state index contributed by atoms with van der Waals surface area (Å²) in [4.78, 5) is 0. The van der Waals surface area contributed by atoms with E-state index in [4.69, 9.17) is 15.9 Å². The van der Waals surface area contributed by atoms with Crippen molar-refractivity contribution in [3.8, 4) is 5.75 Å². The molecule has 2 rings (SSSR count). The molecular weight excluding hydrogens is 243 g/mol. The van der Waals surface area contributed by atoms with Gasteiger partial charge in [-0.3, -0.25) is 5.41 Å². The number of benzene rings is 1. The van der Waals surface area contributed by atoms with Crippen molar-refractivity contribution in [2.75, 3.05) is 0 Å². The van der Waals surface area contributed by atoms with Gasteiger partial charge in [0.2, 0.25) is 0 Å². The van der Waals surface area contributed by atoms with E-state index < -0.39 is 5.82 Å². The molecule has 4 heteroatoms. The Labute approximate surface area is 113 Å². The second-order valence-corrected chi connectivity index (χ2v) is 5.56. The highest BCUT2D eigenvalue weighted by Crippen LogP contribution is 2.32. The van der Waals surface area contributed by atoms with Gasteiger partial charge in [0.15, 0.2) is 0 Å². The second kappa shape index (κ2) is 5.59. The summed E-state index contributed by atoms with van der Waals surface area (Å²) in [5.41, 5.74) is 5.81. The predicted octanol–water partition coefficient (Wildman–Crippen LogP) is 3.31. The van der Waals surface area contributed by atoms with Gasteiger partial charge >= 0.3 is 0 Å². The summed E-state index contributed by atoms with van der Waals surface area (Å²) < 4.78 is 19.1. The van der Waals surface area contributed by atoms with Gasteiger partial charge in [0.25, 0.3) is 0 Å². The molecule has 3 nitrogen and oxygen atoms in total. The zero-order valence-electron chi connectivity index (χ0n) is 11.4. The third-order valence-electron chi connectivity index (χ3n) is 4.08. The monoisotopic (exact) mass is 264 g/mol. The first-order chi connectivity index (χ1) is 8.97. The highest BCUT2D eigenvalue weighted by Gasteiger charge is 2.26. The topological polar surface area (TPSA) is 59.1 Å². The third kappa shape index (κ3) is 3.25. The van der Waals surface area contributed by atoms with E-state index in [0.29, 0.717) is 17.2 Å². The average Bonchev–Trinajstić information content (AvgIpc) is 2.36. The van der Waals surface area contributed by atoms with Crippen LogP contribution in [0.4, 0.5) is 4.39 Å². The Morgan fingerprint density at radius 3 is 2.68 bits per heavy atom. The number of halogens is 1. The lowest BCUT2D eigenvalue weighted by Gasteiger charge is -2.32. The molecule has 0 amide bonds. The van der Waals surface area contributed by atoms with Crippen LogP contribution in [0.3, 0.4) is 0 Å². The molecule has 0 spiro atoms. The number of nitrogens with one attached hydrogen (secondary N) is 1. The summed E-state index contributed by atoms with van der Waals surface area (Å²) in [6.07, 6.45) is 3.27. The summed E-state index contributed by atoms with van der Waals surface area (Å²) in [5, 5.41) is 7.49. The third-order valence-corrected chi connectivity index (χ3v) is 4.08. The Morgan fingerprint density at radius 2 is 2.05 bits per heavy atom. The van der Waals surface area contributed by atoms with Gasteiger partial charge in [-0.25, -0.2) is 4.39 Å². The molecule has 19 heavy (non-hydrogen) atoms. The van der Waals surface area contributed by atoms with E-state index in [0.717, 1.165) is 25.2 Å². The van der Waals surface area contributed by atoms with E-state index in [-0.39, 0.29) is 11.9 Å². The van der Waals surface area contributed by atoms with E-state index in [1.54, 1.807) is 6.07 Å². The summed E-state index contributed by atoms with van der Waals surface area (Å²) in [7, 11) is 0. The number of nitrogen functional groups attached to an aromatic ring is 1. The van der Waals surface area contributed by atoms with Gasteiger partial charge in [-0.2, -0.15) is 0 Å². The van der Waals surface area contributed by atoms with Crippen LogP contribution in [0.5, 0.6) is 5.75 Å². The van der Waals surface area contributed by atoms with Crippen molar-refractivity contribution in [2.24, 2.45) is 17.6 Å². The molecule has 1 aliphatic rings. The van der Waals surface area contributed by atoms with Crippen molar-refractivity contribution in [1.82, 2.24) is 0 Å². The van der Waals surface area contributed by atoms with Crippen molar-refractivity contribution >= 4 is 5.84 Å². The molecule has 0 saturated heterocycles. The lowest BCUT2D eigenvalue weighted by Crippen LogP contribution is -2.29. The Balaban J connectivity index is 2.13. The lowest BCUT2D eigenvalue weighted by atomic mass is 9.80. The SMILES string of the molecule is CC1CCC(Oc2ccc(F)cc2C(=N)N)CC1C. The Hall–Kier alpha value is -1.58. The standard InChI is InChI=1S/C15H21FN2O/c1-9-3-5-12(7-10(9)2)19-14-6-4-11(16)8-13(14)15(17)18/h4,6,8-10,12H,3,5,7H2,1-2H3,(H3,17,18). The van der Waals surface area contributed by atoms with E-state index in [1.165, 1.54) is 12.1 Å². The molecule has 3 N–H and O–H groups in total. The van der Waals surface area contributed by atoms with E-state index in [1.807, 2.05) is 0 Å². The van der Waals surface area contributed by atoms with Crippen LogP contribution in [0.25, 0.3) is 0 Å². The van der Waals surface area contributed by atoms with Crippen molar-refractivity contribution in [1.29, 1.82) is 5.41 Å². The molecule has 3 atom stereocenters. The molecule has 0 radical (unpaired) electrons. The van der Waals surface area contributed by atoms with Crippen LogP contribution in [0.1, 0.15) is 38.7 Å². The van der Waals surface area contributed by atoms with Crippen LogP contribution in [0, 0.1) is 23.1 Å². The summed E-state index contributed by atoms with van der Waals surface area (Å²) >= 11 is 0. The van der Waals surface area contributed by atoms with Crippen molar-refractivity contribution in [3.63, 3.8) is 0 Å². The van der Waals surface area contributed by atoms with Crippen LogP contribution in [0.2, 0.25) is 0 Å². The normalized spacial score (nSPS) is 27.0. The largest absolute Gasteiger partial charge is 0.490 e. The van der Waals surface area contributed by atoms with Crippen LogP contribution in [0.15, 0.2) is 18.2 Å². The molecule has 1 aromatic rings. The number of rotatable bonds is 3. The van der Waals surface area contributed by atoms with E-state index in [9.17, 15) is 4.39 Å². The van der Waals surface area contributed by atoms with Crippen LogP contribution in [-0.2, 0) is 0 Å². The van der Waals surface area contributed by atoms with Crippen molar-refractivity contribution in [2.45, 2.75) is 39.2 Å². The first-order valence-electron chi connectivity index (χ1n) is 6.78. The van der Waals surface area contributed by atoms with Crippen LogP contribution < -0.4 is 10.5 Å². The highest BCUT2D eigenvalue weighted by atomic mass is 19.1. The van der Waals surface area contributed by atoms with Crippen molar-refractivity contribution in [3.05, 3.63) is 29.6 Å². The Morgan fingerprint density at radius 1 is 1.32 bits per heavy atom. The zero-order valence-corrected chi connectivity index (χ0v) is 11.4. The highest BCUT2D eigenvalue weighted by molar-refractivity contribution is 5.97. The van der Waals surface area contributed by atoms with Gasteiger partial charge in [0.1, 0.15) is 17.4 Å². The van der Waals surface area contributed by atoms with Gasteiger partial charge in [0.05, 0.1) is 11.7 Å². The summed E-state index contributed by atoms with van der Waals surface area (Å²) in [6, 6.07) is 4.16. The molecular formula is C15H21FN2O. The number of amidine groups is 1. The second-order valence-electron chi connectivity index (χ2n) is 5.56.